The van der Waals surface area contributed by atoms with Gasteiger partial charge in [0.15, 0.2) is 0 Å². The van der Waals surface area contributed by atoms with Gasteiger partial charge < -0.3 is 14.9 Å². The Morgan fingerprint density at radius 1 is 1.20 bits per heavy atom. The lowest BCUT2D eigenvalue weighted by molar-refractivity contribution is -0.139. The van der Waals surface area contributed by atoms with Crippen molar-refractivity contribution in [2.75, 3.05) is 19.6 Å². The van der Waals surface area contributed by atoms with E-state index in [-0.39, 0.29) is 17.1 Å². The lowest BCUT2D eigenvalue weighted by Crippen LogP contribution is -2.53. The third-order valence-electron chi connectivity index (χ3n) is 6.33. The highest BCUT2D eigenvalue weighted by Crippen LogP contribution is 2.43. The molecule has 3 fully saturated rings. The molecule has 1 spiro atoms. The Morgan fingerprint density at radius 3 is 2.60 bits per heavy atom. The molecule has 0 bridgehead atoms. The van der Waals surface area contributed by atoms with Crippen LogP contribution in [0.1, 0.15) is 54.4 Å². The fourth-order valence-electron chi connectivity index (χ4n) is 4.38. The van der Waals surface area contributed by atoms with Crippen LogP contribution in [0.3, 0.4) is 0 Å². The Labute approximate surface area is 148 Å². The molecule has 2 saturated heterocycles. The molecule has 1 aromatic carbocycles. The van der Waals surface area contributed by atoms with E-state index in [2.05, 4.69) is 4.90 Å². The van der Waals surface area contributed by atoms with Crippen molar-refractivity contribution < 1.29 is 14.7 Å². The minimum atomic E-state index is 0.00850. The van der Waals surface area contributed by atoms with E-state index in [9.17, 15) is 14.7 Å². The van der Waals surface area contributed by atoms with Gasteiger partial charge in [0, 0.05) is 43.2 Å². The molecule has 0 radical (unpaired) electrons. The molecule has 0 aromatic heterocycles. The van der Waals surface area contributed by atoms with E-state index in [1.54, 1.807) is 25.1 Å². The number of amides is 2. The van der Waals surface area contributed by atoms with Gasteiger partial charge in [-0.3, -0.25) is 9.59 Å². The number of phenols is 1. The second kappa shape index (κ2) is 6.04. The molecule has 2 heterocycles. The molecule has 1 saturated carbocycles. The number of likely N-dealkylation sites (tertiary alicyclic amines) is 2. The fourth-order valence-corrected chi connectivity index (χ4v) is 4.38. The number of carbonyl (C=O) groups is 2. The van der Waals surface area contributed by atoms with E-state index in [0.717, 1.165) is 51.7 Å². The molecule has 1 aromatic rings. The first-order chi connectivity index (χ1) is 12.0. The summed E-state index contributed by atoms with van der Waals surface area (Å²) in [6.07, 6.45) is 5.87. The van der Waals surface area contributed by atoms with Crippen LogP contribution in [0, 0.1) is 12.3 Å². The zero-order valence-corrected chi connectivity index (χ0v) is 14.8. The predicted octanol–water partition coefficient (Wildman–Crippen LogP) is 2.71. The normalized spacial score (nSPS) is 23.2. The zero-order chi connectivity index (χ0) is 17.6. The van der Waals surface area contributed by atoms with Crippen LogP contribution in [-0.2, 0) is 4.79 Å². The van der Waals surface area contributed by atoms with Crippen molar-refractivity contribution in [1.82, 2.24) is 9.80 Å². The van der Waals surface area contributed by atoms with Gasteiger partial charge in [0.05, 0.1) is 0 Å². The first kappa shape index (κ1) is 16.4. The van der Waals surface area contributed by atoms with E-state index in [1.165, 1.54) is 0 Å². The van der Waals surface area contributed by atoms with Crippen LogP contribution < -0.4 is 0 Å². The summed E-state index contributed by atoms with van der Waals surface area (Å²) in [7, 11) is 0. The Kier molecular flexibility index (Phi) is 3.97. The molecule has 25 heavy (non-hydrogen) atoms. The van der Waals surface area contributed by atoms with Crippen LogP contribution in [0.15, 0.2) is 18.2 Å². The topological polar surface area (TPSA) is 60.9 Å². The summed E-state index contributed by atoms with van der Waals surface area (Å²) in [5.74, 6) is 0.501. The molecule has 0 unspecified atom stereocenters. The highest BCUT2D eigenvalue weighted by Gasteiger charge is 2.45. The van der Waals surface area contributed by atoms with E-state index in [1.807, 2.05) is 4.90 Å². The molecule has 3 aliphatic rings. The van der Waals surface area contributed by atoms with Crippen molar-refractivity contribution >= 4 is 11.8 Å². The predicted molar refractivity (Wildman–Crippen MR) is 94.4 cm³/mol. The second-order valence-corrected chi connectivity index (χ2v) is 7.99. The van der Waals surface area contributed by atoms with Crippen molar-refractivity contribution in [3.63, 3.8) is 0 Å². The maximum Gasteiger partial charge on any atom is 0.254 e. The molecule has 134 valence electrons. The number of rotatable bonds is 2. The number of aromatic hydroxyl groups is 1. The number of nitrogens with zero attached hydrogens (tertiary/aromatic N) is 2. The number of hydrogen-bond acceptors (Lipinski definition) is 3. The smallest absolute Gasteiger partial charge is 0.254 e. The average molecular weight is 342 g/mol. The number of benzene rings is 1. The Morgan fingerprint density at radius 2 is 1.92 bits per heavy atom. The third kappa shape index (κ3) is 3.00. The number of hydrogen-bond donors (Lipinski definition) is 1. The fraction of sp³-hybridized carbons (Fsp3) is 0.600. The first-order valence-corrected chi connectivity index (χ1v) is 9.36. The van der Waals surface area contributed by atoms with E-state index >= 15 is 0 Å². The van der Waals surface area contributed by atoms with E-state index < -0.39 is 0 Å². The standard InChI is InChI=1S/C20H26N2O3/c1-14-16(3-2-4-17(14)23)19(25)21-11-9-20(10-12-21)8-7-18(24)22(13-20)15-5-6-15/h2-4,15,23H,5-13H2,1H3. The third-order valence-corrected chi connectivity index (χ3v) is 6.33. The molecule has 2 aliphatic heterocycles. The summed E-state index contributed by atoms with van der Waals surface area (Å²) in [5.41, 5.74) is 1.44. The lowest BCUT2D eigenvalue weighted by atomic mass is 9.72. The van der Waals surface area contributed by atoms with Gasteiger partial charge in [0.1, 0.15) is 5.75 Å². The number of piperidine rings is 2. The van der Waals surface area contributed by atoms with Gasteiger partial charge in [-0.1, -0.05) is 6.07 Å². The largest absolute Gasteiger partial charge is 0.508 e. The maximum absolute atomic E-state index is 12.8. The zero-order valence-electron chi connectivity index (χ0n) is 14.8. The molecule has 4 rings (SSSR count). The summed E-state index contributed by atoms with van der Waals surface area (Å²) < 4.78 is 0. The molecular weight excluding hydrogens is 316 g/mol. The van der Waals surface area contributed by atoms with Crippen LogP contribution in [0.5, 0.6) is 5.75 Å². The van der Waals surface area contributed by atoms with Crippen molar-refractivity contribution in [2.24, 2.45) is 5.41 Å². The minimum absolute atomic E-state index is 0.00850. The van der Waals surface area contributed by atoms with Crippen LogP contribution in [0.2, 0.25) is 0 Å². The van der Waals surface area contributed by atoms with E-state index in [4.69, 9.17) is 0 Å². The highest BCUT2D eigenvalue weighted by atomic mass is 16.3. The molecule has 5 heteroatoms. The molecule has 1 aliphatic carbocycles. The van der Waals surface area contributed by atoms with Gasteiger partial charge in [-0.2, -0.15) is 0 Å². The summed E-state index contributed by atoms with van der Waals surface area (Å²) >= 11 is 0. The second-order valence-electron chi connectivity index (χ2n) is 7.99. The number of phenolic OH excluding ortho intramolecular Hbond substituents is 1. The minimum Gasteiger partial charge on any atom is -0.508 e. The monoisotopic (exact) mass is 342 g/mol. The average Bonchev–Trinajstić information content (AvgIpc) is 3.45. The Balaban J connectivity index is 1.43. The van der Waals surface area contributed by atoms with Gasteiger partial charge in [0.2, 0.25) is 5.91 Å². The van der Waals surface area contributed by atoms with Crippen molar-refractivity contribution in [3.8, 4) is 5.75 Å². The summed E-state index contributed by atoms with van der Waals surface area (Å²) in [4.78, 5) is 29.0. The van der Waals surface area contributed by atoms with Gasteiger partial charge in [-0.15, -0.1) is 0 Å². The maximum atomic E-state index is 12.8. The van der Waals surface area contributed by atoms with Crippen LogP contribution >= 0.6 is 0 Å². The molecule has 0 atom stereocenters. The van der Waals surface area contributed by atoms with Gasteiger partial charge in [0.25, 0.3) is 5.91 Å². The highest BCUT2D eigenvalue weighted by molar-refractivity contribution is 5.96. The quantitative estimate of drug-likeness (QED) is 0.899. The van der Waals surface area contributed by atoms with Crippen molar-refractivity contribution in [1.29, 1.82) is 0 Å². The lowest BCUT2D eigenvalue weighted by Gasteiger charge is -2.47. The Hall–Kier alpha value is -2.04. The van der Waals surface area contributed by atoms with Crippen LogP contribution in [0.4, 0.5) is 0 Å². The Bertz CT molecular complexity index is 703. The summed E-state index contributed by atoms with van der Waals surface area (Å²) in [5, 5.41) is 9.85. The van der Waals surface area contributed by atoms with E-state index in [0.29, 0.717) is 29.5 Å². The summed E-state index contributed by atoms with van der Waals surface area (Å²) in [6.45, 7) is 4.14. The van der Waals surface area contributed by atoms with Crippen LogP contribution in [-0.4, -0.2) is 52.4 Å². The van der Waals surface area contributed by atoms with Crippen LogP contribution in [0.25, 0.3) is 0 Å². The van der Waals surface area contributed by atoms with Crippen molar-refractivity contribution in [2.45, 2.75) is 51.5 Å². The molecule has 5 nitrogen and oxygen atoms in total. The SMILES string of the molecule is Cc1c(O)cccc1C(=O)N1CCC2(CCC(=O)N(C3CC3)C2)CC1. The number of carbonyl (C=O) groups excluding carboxylic acids is 2. The first-order valence-electron chi connectivity index (χ1n) is 9.36. The molecule has 1 N–H and O–H groups in total. The summed E-state index contributed by atoms with van der Waals surface area (Å²) in [6, 6.07) is 5.61. The van der Waals surface area contributed by atoms with Gasteiger partial charge in [-0.25, -0.2) is 0 Å². The molecule has 2 amide bonds. The van der Waals surface area contributed by atoms with Gasteiger partial charge in [-0.05, 0) is 56.6 Å². The van der Waals surface area contributed by atoms with Crippen molar-refractivity contribution in [3.05, 3.63) is 29.3 Å². The molecular formula is C20H26N2O3. The van der Waals surface area contributed by atoms with Gasteiger partial charge >= 0.3 is 0 Å².